The van der Waals surface area contributed by atoms with Crippen molar-refractivity contribution in [1.82, 2.24) is 15.1 Å². The normalized spacial score (nSPS) is 25.0. The lowest BCUT2D eigenvalue weighted by molar-refractivity contribution is -0.129. The van der Waals surface area contributed by atoms with Crippen LogP contribution in [0.1, 0.15) is 49.6 Å². The molecule has 1 spiro atoms. The Balaban J connectivity index is 1.71. The van der Waals surface area contributed by atoms with Crippen molar-refractivity contribution in [3.63, 3.8) is 0 Å². The number of nitrogens with one attached hydrogen (secondary N) is 1. The van der Waals surface area contributed by atoms with E-state index in [2.05, 4.69) is 17.3 Å². The zero-order valence-corrected chi connectivity index (χ0v) is 15.0. The van der Waals surface area contributed by atoms with Crippen molar-refractivity contribution in [1.29, 1.82) is 0 Å². The average molecular weight is 335 g/mol. The van der Waals surface area contributed by atoms with Crippen LogP contribution in [0, 0.1) is 24.7 Å². The summed E-state index contributed by atoms with van der Waals surface area (Å²) in [6.07, 6.45) is 3.27. The largest absolute Gasteiger partial charge is 0.396 e. The van der Waals surface area contributed by atoms with Crippen LogP contribution in [-0.2, 0) is 22.6 Å². The smallest absolute Gasteiger partial charge is 0.227 e. The van der Waals surface area contributed by atoms with Crippen molar-refractivity contribution in [3.8, 4) is 0 Å². The van der Waals surface area contributed by atoms with Crippen LogP contribution in [0.3, 0.4) is 0 Å². The van der Waals surface area contributed by atoms with Crippen LogP contribution in [-0.4, -0.2) is 40.6 Å². The Bertz CT molecular complexity index is 619. The molecule has 3 rings (SSSR count). The zero-order chi connectivity index (χ0) is 17.4. The number of carbonyl (C=O) groups is 1. The molecular weight excluding hydrogens is 306 g/mol. The highest BCUT2D eigenvalue weighted by molar-refractivity contribution is 5.87. The summed E-state index contributed by atoms with van der Waals surface area (Å²) in [5.74, 6) is 0.0847. The molecule has 6 nitrogen and oxygen atoms in total. The number of hydrogen-bond acceptors (Lipinski definition) is 4. The molecule has 1 aromatic rings. The van der Waals surface area contributed by atoms with Crippen LogP contribution in [0.25, 0.3) is 0 Å². The maximum atomic E-state index is 13.0. The lowest BCUT2D eigenvalue weighted by atomic mass is 9.83. The summed E-state index contributed by atoms with van der Waals surface area (Å²) in [7, 11) is 0. The first-order valence-corrected chi connectivity index (χ1v) is 8.99. The van der Waals surface area contributed by atoms with Crippen molar-refractivity contribution in [2.75, 3.05) is 19.8 Å². The Labute approximate surface area is 143 Å². The van der Waals surface area contributed by atoms with E-state index in [1.54, 1.807) is 0 Å². The highest BCUT2D eigenvalue weighted by atomic mass is 16.5. The van der Waals surface area contributed by atoms with Gasteiger partial charge < -0.3 is 15.2 Å². The van der Waals surface area contributed by atoms with Crippen molar-refractivity contribution < 1.29 is 14.6 Å². The fourth-order valence-electron chi connectivity index (χ4n) is 4.57. The Kier molecular flexibility index (Phi) is 4.71. The number of rotatable bonds is 6. The number of aliphatic hydroxyl groups excluding tert-OH is 1. The minimum Gasteiger partial charge on any atom is -0.396 e. The summed E-state index contributed by atoms with van der Waals surface area (Å²) in [5.41, 5.74) is 2.82. The standard InChI is InChI=1S/C18H29N3O3/c1-4-21-14(3)15(13(2)20-21)11-19-16(23)18(5-8-22)12-17(18)6-9-24-10-7-17/h22H,4-12H2,1-3H3,(H,19,23). The number of aryl methyl sites for hydroxylation is 2. The summed E-state index contributed by atoms with van der Waals surface area (Å²) in [4.78, 5) is 13.0. The van der Waals surface area contributed by atoms with E-state index in [0.717, 1.165) is 56.0 Å². The monoisotopic (exact) mass is 335 g/mol. The van der Waals surface area contributed by atoms with Crippen LogP contribution in [0.15, 0.2) is 0 Å². The number of ether oxygens (including phenoxy) is 1. The van der Waals surface area contributed by atoms with Crippen LogP contribution in [0.4, 0.5) is 0 Å². The molecule has 2 aliphatic rings. The molecule has 2 fully saturated rings. The molecule has 24 heavy (non-hydrogen) atoms. The maximum absolute atomic E-state index is 13.0. The number of aromatic nitrogens is 2. The SMILES string of the molecule is CCn1nc(C)c(CNC(=O)C2(CCO)CC23CCOCC3)c1C. The fraction of sp³-hybridized carbons (Fsp3) is 0.778. The van der Waals surface area contributed by atoms with Gasteiger partial charge in [0.1, 0.15) is 0 Å². The predicted molar refractivity (Wildman–Crippen MR) is 90.5 cm³/mol. The van der Waals surface area contributed by atoms with Crippen LogP contribution >= 0.6 is 0 Å². The molecule has 2 N–H and O–H groups in total. The van der Waals surface area contributed by atoms with E-state index in [1.807, 2.05) is 18.5 Å². The number of hydrogen-bond donors (Lipinski definition) is 2. The molecule has 134 valence electrons. The fourth-order valence-corrected chi connectivity index (χ4v) is 4.57. The van der Waals surface area contributed by atoms with E-state index in [1.165, 1.54) is 0 Å². The molecule has 0 aromatic carbocycles. The number of aliphatic hydroxyl groups is 1. The van der Waals surface area contributed by atoms with E-state index >= 15 is 0 Å². The quantitative estimate of drug-likeness (QED) is 0.830. The predicted octanol–water partition coefficient (Wildman–Crippen LogP) is 1.71. The summed E-state index contributed by atoms with van der Waals surface area (Å²) in [5, 5.41) is 17.1. The van der Waals surface area contributed by atoms with Gasteiger partial charge in [-0.3, -0.25) is 9.48 Å². The average Bonchev–Trinajstić information content (AvgIpc) is 3.09. The summed E-state index contributed by atoms with van der Waals surface area (Å²) in [6, 6.07) is 0. The van der Waals surface area contributed by atoms with Gasteiger partial charge >= 0.3 is 0 Å². The molecule has 2 heterocycles. The second-order valence-corrected chi connectivity index (χ2v) is 7.27. The lowest BCUT2D eigenvalue weighted by Gasteiger charge is -2.28. The summed E-state index contributed by atoms with van der Waals surface area (Å²) < 4.78 is 7.44. The highest BCUT2D eigenvalue weighted by Crippen LogP contribution is 2.70. The van der Waals surface area contributed by atoms with Gasteiger partial charge in [-0.1, -0.05) is 0 Å². The number of amides is 1. The lowest BCUT2D eigenvalue weighted by Crippen LogP contribution is -2.38. The van der Waals surface area contributed by atoms with Gasteiger partial charge in [0.25, 0.3) is 0 Å². The van der Waals surface area contributed by atoms with Gasteiger partial charge in [0.15, 0.2) is 0 Å². The van der Waals surface area contributed by atoms with Gasteiger partial charge in [-0.15, -0.1) is 0 Å². The third-order valence-electron chi connectivity index (χ3n) is 6.21. The van der Waals surface area contributed by atoms with E-state index in [9.17, 15) is 9.90 Å². The zero-order valence-electron chi connectivity index (χ0n) is 15.0. The molecule has 1 aromatic heterocycles. The van der Waals surface area contributed by atoms with Crippen molar-refractivity contribution >= 4 is 5.91 Å². The Morgan fingerprint density at radius 1 is 1.38 bits per heavy atom. The molecule has 1 saturated heterocycles. The molecule has 0 radical (unpaired) electrons. The van der Waals surface area contributed by atoms with E-state index in [4.69, 9.17) is 4.74 Å². The number of carbonyl (C=O) groups excluding carboxylic acids is 1. The third-order valence-corrected chi connectivity index (χ3v) is 6.21. The van der Waals surface area contributed by atoms with E-state index in [-0.39, 0.29) is 17.9 Å². The molecule has 1 unspecified atom stereocenters. The van der Waals surface area contributed by atoms with E-state index < -0.39 is 5.41 Å². The molecule has 1 aliphatic carbocycles. The van der Waals surface area contributed by atoms with E-state index in [0.29, 0.717) is 13.0 Å². The van der Waals surface area contributed by atoms with Gasteiger partial charge in [-0.25, -0.2) is 0 Å². The minimum atomic E-state index is -0.409. The van der Waals surface area contributed by atoms with Crippen LogP contribution in [0.2, 0.25) is 0 Å². The van der Waals surface area contributed by atoms with Crippen LogP contribution in [0.5, 0.6) is 0 Å². The molecule has 1 saturated carbocycles. The van der Waals surface area contributed by atoms with Gasteiger partial charge in [-0.05, 0) is 51.9 Å². The minimum absolute atomic E-state index is 0.0375. The molecule has 1 amide bonds. The molecular formula is C18H29N3O3. The topological polar surface area (TPSA) is 76.4 Å². The van der Waals surface area contributed by atoms with Crippen molar-refractivity contribution in [3.05, 3.63) is 17.0 Å². The maximum Gasteiger partial charge on any atom is 0.227 e. The second kappa shape index (κ2) is 6.48. The first-order chi connectivity index (χ1) is 11.5. The Morgan fingerprint density at radius 2 is 2.08 bits per heavy atom. The first-order valence-electron chi connectivity index (χ1n) is 8.99. The molecule has 6 heteroatoms. The van der Waals surface area contributed by atoms with Gasteiger partial charge in [0.2, 0.25) is 5.91 Å². The molecule has 0 bridgehead atoms. The molecule has 1 atom stereocenters. The van der Waals surface area contributed by atoms with Gasteiger partial charge in [-0.2, -0.15) is 5.10 Å². The van der Waals surface area contributed by atoms with Crippen molar-refractivity contribution in [2.24, 2.45) is 10.8 Å². The van der Waals surface area contributed by atoms with Crippen molar-refractivity contribution in [2.45, 2.75) is 59.5 Å². The summed E-state index contributed by atoms with van der Waals surface area (Å²) >= 11 is 0. The highest BCUT2D eigenvalue weighted by Gasteiger charge is 2.70. The van der Waals surface area contributed by atoms with Crippen LogP contribution < -0.4 is 5.32 Å². The third kappa shape index (κ3) is 2.65. The molecule has 1 aliphatic heterocycles. The second-order valence-electron chi connectivity index (χ2n) is 7.27. The Hall–Kier alpha value is -1.40. The Morgan fingerprint density at radius 3 is 2.67 bits per heavy atom. The first kappa shape index (κ1) is 17.4. The van der Waals surface area contributed by atoms with Gasteiger partial charge in [0.05, 0.1) is 11.1 Å². The summed E-state index contributed by atoms with van der Waals surface area (Å²) in [6.45, 7) is 8.95. The number of nitrogens with zero attached hydrogens (tertiary/aromatic N) is 2. The van der Waals surface area contributed by atoms with Gasteiger partial charge in [0, 0.05) is 44.2 Å².